The molecule has 3 aromatic carbocycles. The van der Waals surface area contributed by atoms with Crippen molar-refractivity contribution in [3.05, 3.63) is 100 Å². The molecule has 0 atom stereocenters. The van der Waals surface area contributed by atoms with Crippen LogP contribution in [0.15, 0.2) is 66.7 Å². The van der Waals surface area contributed by atoms with Crippen molar-refractivity contribution < 1.29 is 9.53 Å². The van der Waals surface area contributed by atoms with E-state index in [1.807, 2.05) is 18.2 Å². The number of benzene rings is 3. The topological polar surface area (TPSA) is 41.6 Å². The van der Waals surface area contributed by atoms with Crippen LogP contribution in [0.2, 0.25) is 0 Å². The van der Waals surface area contributed by atoms with E-state index in [1.165, 1.54) is 23.1 Å². The van der Waals surface area contributed by atoms with Crippen molar-refractivity contribution in [3.63, 3.8) is 0 Å². The molecule has 3 aromatic rings. The second-order valence-electron chi connectivity index (χ2n) is 9.13. The number of fused-ring (bicyclic) bond motifs is 3. The summed E-state index contributed by atoms with van der Waals surface area (Å²) in [6, 6.07) is 22.8. The van der Waals surface area contributed by atoms with E-state index in [9.17, 15) is 4.79 Å². The predicted molar refractivity (Wildman–Crippen MR) is 134 cm³/mol. The number of hydrogen-bond acceptors (Lipinski definition) is 3. The Morgan fingerprint density at radius 2 is 1.79 bits per heavy atom. The van der Waals surface area contributed by atoms with Gasteiger partial charge in [0.1, 0.15) is 5.75 Å². The van der Waals surface area contributed by atoms with Gasteiger partial charge >= 0.3 is 0 Å². The molecule has 172 valence electrons. The molecule has 1 aliphatic heterocycles. The third-order valence-corrected chi connectivity index (χ3v) is 6.18. The lowest BCUT2D eigenvalue weighted by Crippen LogP contribution is -2.23. The van der Waals surface area contributed by atoms with Gasteiger partial charge in [-0.2, -0.15) is 0 Å². The first-order valence-corrected chi connectivity index (χ1v) is 11.9. The van der Waals surface area contributed by atoms with Gasteiger partial charge in [0.25, 0.3) is 5.91 Å². The summed E-state index contributed by atoms with van der Waals surface area (Å²) in [4.78, 5) is 15.3. The maximum atomic E-state index is 12.9. The third kappa shape index (κ3) is 6.69. The van der Waals surface area contributed by atoms with Crippen molar-refractivity contribution in [3.8, 4) is 5.75 Å². The van der Waals surface area contributed by atoms with Crippen molar-refractivity contribution >= 4 is 5.91 Å². The number of carbonyl (C=O) groups excluding carboxylic acids is 1. The largest absolute Gasteiger partial charge is 0.493 e. The average molecular weight is 443 g/mol. The Morgan fingerprint density at radius 3 is 2.64 bits per heavy atom. The van der Waals surface area contributed by atoms with Crippen LogP contribution in [0.4, 0.5) is 0 Å². The molecular weight excluding hydrogens is 408 g/mol. The smallest absolute Gasteiger partial charge is 0.251 e. The van der Waals surface area contributed by atoms with Gasteiger partial charge in [-0.05, 0) is 80.2 Å². The molecule has 1 heterocycles. The summed E-state index contributed by atoms with van der Waals surface area (Å²) in [5.74, 6) is 0.817. The van der Waals surface area contributed by atoms with Crippen LogP contribution in [0.25, 0.3) is 0 Å². The molecule has 0 unspecified atom stereocenters. The monoisotopic (exact) mass is 442 g/mol. The first-order valence-electron chi connectivity index (χ1n) is 11.9. The molecule has 0 spiro atoms. The van der Waals surface area contributed by atoms with E-state index in [-0.39, 0.29) is 5.91 Å². The molecule has 0 radical (unpaired) electrons. The minimum atomic E-state index is -0.0619. The number of rotatable bonds is 3. The number of hydrogen-bond donors (Lipinski definition) is 1. The maximum Gasteiger partial charge on any atom is 0.251 e. The molecule has 4 nitrogen and oxygen atoms in total. The van der Waals surface area contributed by atoms with Crippen molar-refractivity contribution in [2.75, 3.05) is 20.2 Å². The minimum absolute atomic E-state index is 0.0619. The highest BCUT2D eigenvalue weighted by Crippen LogP contribution is 2.25. The number of ether oxygens (including phenoxy) is 1. The fourth-order valence-corrected chi connectivity index (χ4v) is 4.28. The van der Waals surface area contributed by atoms with Crippen molar-refractivity contribution in [2.24, 2.45) is 0 Å². The molecule has 0 aliphatic carbocycles. The maximum absolute atomic E-state index is 12.9. The molecule has 0 saturated heterocycles. The van der Waals surface area contributed by atoms with Gasteiger partial charge < -0.3 is 15.0 Å². The fourth-order valence-electron chi connectivity index (χ4n) is 4.28. The Balaban J connectivity index is 1.54. The molecule has 0 saturated carbocycles. The van der Waals surface area contributed by atoms with E-state index in [2.05, 4.69) is 72.7 Å². The van der Waals surface area contributed by atoms with Gasteiger partial charge in [0.15, 0.2) is 0 Å². The van der Waals surface area contributed by atoms with Gasteiger partial charge in [-0.25, -0.2) is 0 Å². The fraction of sp³-hybridized carbons (Fsp3) is 0.345. The molecule has 0 fully saturated rings. The van der Waals surface area contributed by atoms with Crippen LogP contribution in [0, 0.1) is 6.92 Å². The van der Waals surface area contributed by atoms with Gasteiger partial charge in [-0.3, -0.25) is 4.79 Å². The van der Waals surface area contributed by atoms with Crippen LogP contribution in [0.3, 0.4) is 0 Å². The van der Waals surface area contributed by atoms with Gasteiger partial charge in [0.2, 0.25) is 0 Å². The number of nitrogens with zero attached hydrogens (tertiary/aromatic N) is 1. The zero-order chi connectivity index (χ0) is 23.0. The van der Waals surface area contributed by atoms with Gasteiger partial charge in [0.05, 0.1) is 6.61 Å². The summed E-state index contributed by atoms with van der Waals surface area (Å²) in [5.41, 5.74) is 6.59. The van der Waals surface area contributed by atoms with Gasteiger partial charge in [-0.15, -0.1) is 0 Å². The van der Waals surface area contributed by atoms with E-state index in [1.54, 1.807) is 0 Å². The molecule has 0 aromatic heterocycles. The Kier molecular flexibility index (Phi) is 7.79. The van der Waals surface area contributed by atoms with Crippen molar-refractivity contribution in [2.45, 2.75) is 45.7 Å². The lowest BCUT2D eigenvalue weighted by atomic mass is 9.99. The zero-order valence-corrected chi connectivity index (χ0v) is 19.8. The summed E-state index contributed by atoms with van der Waals surface area (Å²) in [5, 5.41) is 3.05. The highest BCUT2D eigenvalue weighted by atomic mass is 16.5. The number of nitrogens with one attached hydrogen (secondary N) is 1. The molecule has 2 bridgehead atoms. The molecule has 1 aliphatic rings. The van der Waals surface area contributed by atoms with Crippen LogP contribution < -0.4 is 10.1 Å². The van der Waals surface area contributed by atoms with Crippen LogP contribution in [-0.4, -0.2) is 31.0 Å². The number of amides is 1. The van der Waals surface area contributed by atoms with E-state index in [0.29, 0.717) is 18.7 Å². The van der Waals surface area contributed by atoms with E-state index in [4.69, 9.17) is 4.74 Å². The molecule has 4 rings (SSSR count). The SMILES string of the molecule is Cc1ccc(CNC(=O)c2ccc3c(c2)Cc2cccc(c2)CN(C)CCCCCO3)cc1. The average Bonchev–Trinajstić information content (AvgIpc) is 2.81. The second kappa shape index (κ2) is 11.2. The summed E-state index contributed by atoms with van der Waals surface area (Å²) in [6.07, 6.45) is 4.11. The summed E-state index contributed by atoms with van der Waals surface area (Å²) in [6.45, 7) is 5.34. The predicted octanol–water partition coefficient (Wildman–Crippen LogP) is 5.51. The molecule has 33 heavy (non-hydrogen) atoms. The summed E-state index contributed by atoms with van der Waals surface area (Å²) >= 11 is 0. The van der Waals surface area contributed by atoms with E-state index < -0.39 is 0 Å². The first-order chi connectivity index (χ1) is 16.1. The second-order valence-corrected chi connectivity index (χ2v) is 9.13. The zero-order valence-electron chi connectivity index (χ0n) is 19.8. The van der Waals surface area contributed by atoms with Crippen molar-refractivity contribution in [1.29, 1.82) is 0 Å². The van der Waals surface area contributed by atoms with Crippen LogP contribution in [0.5, 0.6) is 5.75 Å². The lowest BCUT2D eigenvalue weighted by Gasteiger charge is -2.19. The normalized spacial score (nSPS) is 15.1. The number of aryl methyl sites for hydroxylation is 1. The molecular formula is C29H34N2O2. The third-order valence-electron chi connectivity index (χ3n) is 6.18. The van der Waals surface area contributed by atoms with E-state index in [0.717, 1.165) is 49.2 Å². The lowest BCUT2D eigenvalue weighted by molar-refractivity contribution is 0.0950. The molecule has 1 N–H and O–H groups in total. The highest BCUT2D eigenvalue weighted by molar-refractivity contribution is 5.94. The minimum Gasteiger partial charge on any atom is -0.493 e. The summed E-state index contributed by atoms with van der Waals surface area (Å²) < 4.78 is 6.16. The molecule has 4 heteroatoms. The molecule has 1 amide bonds. The Labute approximate surface area is 197 Å². The Hall–Kier alpha value is -3.11. The Morgan fingerprint density at radius 1 is 0.970 bits per heavy atom. The van der Waals surface area contributed by atoms with Gasteiger partial charge in [-0.1, -0.05) is 54.1 Å². The first kappa shape index (κ1) is 23.1. The van der Waals surface area contributed by atoms with Crippen molar-refractivity contribution in [1.82, 2.24) is 10.2 Å². The van der Waals surface area contributed by atoms with Crippen LogP contribution >= 0.6 is 0 Å². The van der Waals surface area contributed by atoms with Gasteiger partial charge in [0, 0.05) is 25.1 Å². The van der Waals surface area contributed by atoms with Crippen LogP contribution in [-0.2, 0) is 19.5 Å². The quantitative estimate of drug-likeness (QED) is 0.581. The standard InChI is InChI=1S/C29H34N2O2/c1-22-9-11-23(12-10-22)20-30-29(32)26-13-14-28-27(19-26)18-24-7-6-8-25(17-24)21-31(2)15-4-3-5-16-33-28/h6-14,17,19H,3-5,15-16,18,20-21H2,1-2H3,(H,30,32). The van der Waals surface area contributed by atoms with Crippen LogP contribution in [0.1, 0.15) is 57.4 Å². The Bertz CT molecular complexity index is 1080. The summed E-state index contributed by atoms with van der Waals surface area (Å²) in [7, 11) is 2.19. The van der Waals surface area contributed by atoms with E-state index >= 15 is 0 Å². The number of carbonyl (C=O) groups is 1. The highest BCUT2D eigenvalue weighted by Gasteiger charge is 2.13.